The van der Waals surface area contributed by atoms with Gasteiger partial charge in [-0.25, -0.2) is 4.98 Å². The molecule has 1 saturated carbocycles. The fourth-order valence-electron chi connectivity index (χ4n) is 5.34. The summed E-state index contributed by atoms with van der Waals surface area (Å²) in [4.78, 5) is 14.8. The Labute approximate surface area is 237 Å². The molecule has 0 atom stereocenters. The average molecular weight is 559 g/mol. The van der Waals surface area contributed by atoms with Crippen molar-refractivity contribution in [3.63, 3.8) is 0 Å². The Morgan fingerprint density at radius 2 is 1.77 bits per heavy atom. The Bertz CT molecular complexity index is 1690. The summed E-state index contributed by atoms with van der Waals surface area (Å²) in [6.45, 7) is 1.99. The molecule has 0 radical (unpaired) electrons. The number of aryl methyl sites for hydroxylation is 1. The lowest BCUT2D eigenvalue weighted by molar-refractivity contribution is 0.0663. The molecule has 0 unspecified atom stereocenters. The fraction of sp³-hybridized carbons (Fsp3) is 0.258. The van der Waals surface area contributed by atoms with E-state index < -0.39 is 0 Å². The van der Waals surface area contributed by atoms with Gasteiger partial charge in [0.2, 0.25) is 0 Å². The minimum absolute atomic E-state index is 0.213. The number of hydrogen-bond acceptors (Lipinski definition) is 5. The maximum atomic E-state index is 6.76. The van der Waals surface area contributed by atoms with E-state index in [1.54, 1.807) is 19.4 Å². The van der Waals surface area contributed by atoms with Gasteiger partial charge in [-0.3, -0.25) is 9.98 Å². The topological polar surface area (TPSA) is 64.3 Å². The second-order valence-corrected chi connectivity index (χ2v) is 10.8. The maximum Gasteiger partial charge on any atom is 0.0900 e. The van der Waals surface area contributed by atoms with Crippen molar-refractivity contribution in [3.8, 4) is 17.1 Å². The van der Waals surface area contributed by atoms with Gasteiger partial charge in [-0.1, -0.05) is 35.3 Å². The van der Waals surface area contributed by atoms with Crippen LogP contribution in [0.5, 0.6) is 0 Å². The second kappa shape index (κ2) is 11.0. The Morgan fingerprint density at radius 3 is 2.54 bits per heavy atom. The zero-order chi connectivity index (χ0) is 26.9. The molecule has 2 heterocycles. The van der Waals surface area contributed by atoms with E-state index in [2.05, 4.69) is 33.1 Å². The molecule has 0 bridgehead atoms. The number of aromatic nitrogens is 3. The standard InChI is InChI=1S/C31H29Cl2N5O/c1-19-24(7-5-15-34-19)36-26-17-28-31(18-27(26)35-21-10-12-22(39-2)13-11-21)38(29-14-9-20(32)16-23(29)33)30-8-4-3-6-25(30)37-28/h3-9,14-18,21-22,36H,10-13H2,1-2H3. The van der Waals surface area contributed by atoms with Crippen LogP contribution in [0.1, 0.15) is 31.4 Å². The van der Waals surface area contributed by atoms with Gasteiger partial charge in [-0.15, -0.1) is 0 Å². The molecule has 1 fully saturated rings. The smallest absolute Gasteiger partial charge is 0.0900 e. The van der Waals surface area contributed by atoms with Gasteiger partial charge in [0, 0.05) is 18.3 Å². The second-order valence-electron chi connectivity index (χ2n) is 9.95. The number of ether oxygens (including phenoxy) is 1. The number of para-hydroxylation sites is 2. The van der Waals surface area contributed by atoms with Gasteiger partial charge in [0.25, 0.3) is 0 Å². The van der Waals surface area contributed by atoms with Crippen molar-refractivity contribution in [2.45, 2.75) is 44.8 Å². The van der Waals surface area contributed by atoms with E-state index in [0.29, 0.717) is 16.1 Å². The number of rotatable bonds is 5. The summed E-state index contributed by atoms with van der Waals surface area (Å²) < 4.78 is 7.74. The first kappa shape index (κ1) is 25.8. The molecule has 6 rings (SSSR count). The monoisotopic (exact) mass is 557 g/mol. The van der Waals surface area contributed by atoms with Gasteiger partial charge >= 0.3 is 0 Å². The summed E-state index contributed by atoms with van der Waals surface area (Å²) in [6.07, 6.45) is 6.10. The van der Waals surface area contributed by atoms with Crippen LogP contribution in [0.4, 0.5) is 11.4 Å². The van der Waals surface area contributed by atoms with Gasteiger partial charge in [-0.2, -0.15) is 0 Å². The van der Waals surface area contributed by atoms with E-state index in [4.69, 9.17) is 37.9 Å². The lowest BCUT2D eigenvalue weighted by atomic mass is 9.93. The molecule has 0 saturated heterocycles. The lowest BCUT2D eigenvalue weighted by Crippen LogP contribution is -2.25. The highest BCUT2D eigenvalue weighted by atomic mass is 35.5. The van der Waals surface area contributed by atoms with Crippen LogP contribution in [0.25, 0.3) is 28.1 Å². The molecule has 2 aromatic carbocycles. The van der Waals surface area contributed by atoms with Gasteiger partial charge in [0.05, 0.1) is 67.7 Å². The number of fused-ring (bicyclic) bond motifs is 2. The number of halogens is 2. The third-order valence-corrected chi connectivity index (χ3v) is 7.96. The number of anilines is 2. The Balaban J connectivity index is 1.60. The van der Waals surface area contributed by atoms with Crippen LogP contribution in [0, 0.1) is 6.92 Å². The van der Waals surface area contributed by atoms with Crippen molar-refractivity contribution in [1.29, 1.82) is 0 Å². The molecule has 1 aliphatic heterocycles. The van der Waals surface area contributed by atoms with Crippen molar-refractivity contribution in [2.75, 3.05) is 12.4 Å². The first-order chi connectivity index (χ1) is 19.0. The molecule has 8 heteroatoms. The lowest BCUT2D eigenvalue weighted by Gasteiger charge is -2.25. The minimum Gasteiger partial charge on any atom is -0.381 e. The number of nitrogens with one attached hydrogen (secondary N) is 1. The van der Waals surface area contributed by atoms with Crippen LogP contribution >= 0.6 is 23.2 Å². The van der Waals surface area contributed by atoms with Gasteiger partial charge in [0.15, 0.2) is 0 Å². The maximum absolute atomic E-state index is 6.76. The highest BCUT2D eigenvalue weighted by molar-refractivity contribution is 6.35. The summed E-state index contributed by atoms with van der Waals surface area (Å²) in [5.74, 6) is 0. The van der Waals surface area contributed by atoms with Crippen LogP contribution in [-0.4, -0.2) is 33.8 Å². The summed E-state index contributed by atoms with van der Waals surface area (Å²) in [7, 11) is 1.79. The number of hydrogen-bond donors (Lipinski definition) is 1. The number of methoxy groups -OCH3 is 1. The molecule has 1 N–H and O–H groups in total. The fourth-order valence-corrected chi connectivity index (χ4v) is 5.83. The Hall–Kier alpha value is -3.45. The Kier molecular flexibility index (Phi) is 7.26. The van der Waals surface area contributed by atoms with Crippen molar-refractivity contribution in [2.24, 2.45) is 4.99 Å². The van der Waals surface area contributed by atoms with Crippen LogP contribution < -0.4 is 10.7 Å². The molecule has 198 valence electrons. The largest absolute Gasteiger partial charge is 0.381 e. The van der Waals surface area contributed by atoms with Crippen LogP contribution in [-0.2, 0) is 4.74 Å². The van der Waals surface area contributed by atoms with E-state index >= 15 is 0 Å². The SMILES string of the molecule is COC1CCC(N=c2cc3n(-c4ccc(Cl)cc4Cl)c4ccccc4nc-3cc2Nc2cccnc2C)CC1. The molecule has 3 aromatic rings. The molecule has 3 aliphatic rings. The predicted octanol–water partition coefficient (Wildman–Crippen LogP) is 7.74. The summed E-state index contributed by atoms with van der Waals surface area (Å²) in [6, 6.07) is 22.0. The minimum atomic E-state index is 0.213. The quantitative estimate of drug-likeness (QED) is 0.224. The molecule has 0 spiro atoms. The van der Waals surface area contributed by atoms with Crippen molar-refractivity contribution >= 4 is 45.6 Å². The normalized spacial score (nSPS) is 18.1. The first-order valence-corrected chi connectivity index (χ1v) is 13.9. The van der Waals surface area contributed by atoms with Crippen LogP contribution in [0.3, 0.4) is 0 Å². The van der Waals surface area contributed by atoms with Gasteiger partial charge < -0.3 is 14.6 Å². The number of benzene rings is 3. The Morgan fingerprint density at radius 1 is 0.949 bits per heavy atom. The van der Waals surface area contributed by atoms with Gasteiger partial charge in [-0.05, 0) is 87.2 Å². The molecular weight excluding hydrogens is 529 g/mol. The number of nitrogens with zero attached hydrogens (tertiary/aromatic N) is 4. The molecular formula is C31H29Cl2N5O. The van der Waals surface area contributed by atoms with E-state index in [0.717, 1.165) is 76.2 Å². The predicted molar refractivity (Wildman–Crippen MR) is 159 cm³/mol. The summed E-state index contributed by atoms with van der Waals surface area (Å²) in [5.41, 5.74) is 7.13. The average Bonchev–Trinajstić information content (AvgIpc) is 2.94. The van der Waals surface area contributed by atoms with E-state index in [-0.39, 0.29) is 6.04 Å². The molecule has 1 aromatic heterocycles. The van der Waals surface area contributed by atoms with E-state index in [9.17, 15) is 0 Å². The molecule has 39 heavy (non-hydrogen) atoms. The van der Waals surface area contributed by atoms with Gasteiger partial charge in [0.1, 0.15) is 0 Å². The van der Waals surface area contributed by atoms with Crippen LogP contribution in [0.15, 0.2) is 77.9 Å². The molecule has 6 nitrogen and oxygen atoms in total. The van der Waals surface area contributed by atoms with Crippen molar-refractivity contribution < 1.29 is 4.74 Å². The molecule has 0 amide bonds. The van der Waals surface area contributed by atoms with Crippen molar-refractivity contribution in [3.05, 3.63) is 94.0 Å². The molecule has 2 aliphatic carbocycles. The van der Waals surface area contributed by atoms with Crippen LogP contribution in [0.2, 0.25) is 10.0 Å². The number of pyridine rings is 1. The highest BCUT2D eigenvalue weighted by Gasteiger charge is 2.22. The highest BCUT2D eigenvalue weighted by Crippen LogP contribution is 2.34. The summed E-state index contributed by atoms with van der Waals surface area (Å²) in [5, 5.41) is 5.63. The zero-order valence-electron chi connectivity index (χ0n) is 21.9. The first-order valence-electron chi connectivity index (χ1n) is 13.2. The van der Waals surface area contributed by atoms with E-state index in [1.807, 2.05) is 49.4 Å². The zero-order valence-corrected chi connectivity index (χ0v) is 23.4. The third-order valence-electron chi connectivity index (χ3n) is 7.42. The van der Waals surface area contributed by atoms with Crippen molar-refractivity contribution in [1.82, 2.24) is 14.5 Å². The summed E-state index contributed by atoms with van der Waals surface area (Å²) >= 11 is 13.0. The van der Waals surface area contributed by atoms with E-state index in [1.165, 1.54) is 0 Å². The third kappa shape index (κ3) is 5.24.